The minimum atomic E-state index is -0.225. The van der Waals surface area contributed by atoms with Gasteiger partial charge in [0.05, 0.1) is 13.0 Å². The van der Waals surface area contributed by atoms with Gasteiger partial charge in [-0.3, -0.25) is 9.59 Å². The van der Waals surface area contributed by atoms with E-state index in [1.54, 1.807) is 6.92 Å². The minimum absolute atomic E-state index is 0.185. The van der Waals surface area contributed by atoms with Gasteiger partial charge < -0.3 is 14.4 Å². The van der Waals surface area contributed by atoms with E-state index in [0.717, 1.165) is 38.7 Å². The molecule has 0 saturated heterocycles. The Kier molecular flexibility index (Phi) is 12.4. The normalized spacial score (nSPS) is 15.1. The molecule has 0 aromatic carbocycles. The molecule has 0 spiro atoms. The lowest BCUT2D eigenvalue weighted by Crippen LogP contribution is -2.36. The Labute approximate surface area is 153 Å². The van der Waals surface area contributed by atoms with Crippen LogP contribution in [0.1, 0.15) is 78.1 Å². The first-order chi connectivity index (χ1) is 12.2. The van der Waals surface area contributed by atoms with E-state index in [4.69, 9.17) is 9.47 Å². The van der Waals surface area contributed by atoms with E-state index in [1.165, 1.54) is 19.3 Å². The van der Waals surface area contributed by atoms with Gasteiger partial charge in [0.15, 0.2) is 0 Å². The second-order valence-corrected chi connectivity index (χ2v) is 6.96. The lowest BCUT2D eigenvalue weighted by atomic mass is 9.86. The van der Waals surface area contributed by atoms with Crippen molar-refractivity contribution in [2.24, 2.45) is 5.92 Å². The summed E-state index contributed by atoms with van der Waals surface area (Å²) in [5.74, 6) is 0.481. The Morgan fingerprint density at radius 1 is 1.00 bits per heavy atom. The van der Waals surface area contributed by atoms with Crippen molar-refractivity contribution in [2.75, 3.05) is 32.9 Å². The van der Waals surface area contributed by atoms with E-state index in [0.29, 0.717) is 38.6 Å². The topological polar surface area (TPSA) is 55.8 Å². The molecule has 1 fully saturated rings. The van der Waals surface area contributed by atoms with Crippen molar-refractivity contribution in [1.82, 2.24) is 4.90 Å². The first-order valence-corrected chi connectivity index (χ1v) is 10.2. The second-order valence-electron chi connectivity index (χ2n) is 6.96. The van der Waals surface area contributed by atoms with Gasteiger partial charge in [0.2, 0.25) is 5.91 Å². The number of nitrogens with zero attached hydrogens (tertiary/aromatic N) is 1. The quantitative estimate of drug-likeness (QED) is 0.371. The fourth-order valence-electron chi connectivity index (χ4n) is 3.29. The van der Waals surface area contributed by atoms with Crippen LogP contribution in [0.25, 0.3) is 0 Å². The van der Waals surface area contributed by atoms with Gasteiger partial charge in [-0.25, -0.2) is 0 Å². The van der Waals surface area contributed by atoms with Gasteiger partial charge in [0.25, 0.3) is 0 Å². The van der Waals surface area contributed by atoms with Gasteiger partial charge in [-0.2, -0.15) is 0 Å². The Bertz CT molecular complexity index is 367. The Hall–Kier alpha value is -1.10. The van der Waals surface area contributed by atoms with Gasteiger partial charge in [0, 0.05) is 32.7 Å². The molecule has 146 valence electrons. The number of unbranched alkanes of at least 4 members (excludes halogenated alkanes) is 1. The first-order valence-electron chi connectivity index (χ1n) is 10.2. The van der Waals surface area contributed by atoms with E-state index < -0.39 is 0 Å². The average molecular weight is 356 g/mol. The van der Waals surface area contributed by atoms with E-state index in [1.807, 2.05) is 4.90 Å². The highest BCUT2D eigenvalue weighted by atomic mass is 16.5. The molecule has 1 saturated carbocycles. The molecule has 0 unspecified atom stereocenters. The van der Waals surface area contributed by atoms with Crippen molar-refractivity contribution in [3.05, 3.63) is 0 Å². The summed E-state index contributed by atoms with van der Waals surface area (Å²) in [6, 6.07) is 0. The summed E-state index contributed by atoms with van der Waals surface area (Å²) in [7, 11) is 0. The summed E-state index contributed by atoms with van der Waals surface area (Å²) >= 11 is 0. The molecule has 0 heterocycles. The lowest BCUT2D eigenvalue weighted by Gasteiger charge is -2.27. The van der Waals surface area contributed by atoms with Crippen LogP contribution in [-0.2, 0) is 19.1 Å². The van der Waals surface area contributed by atoms with Crippen LogP contribution in [-0.4, -0.2) is 49.7 Å². The number of esters is 1. The third-order valence-corrected chi connectivity index (χ3v) is 4.79. The molecule has 25 heavy (non-hydrogen) atoms. The Balaban J connectivity index is 2.38. The smallest absolute Gasteiger partial charge is 0.307 e. The fourth-order valence-corrected chi connectivity index (χ4v) is 3.29. The maximum Gasteiger partial charge on any atom is 0.307 e. The second kappa shape index (κ2) is 14.1. The molecule has 0 atom stereocenters. The van der Waals surface area contributed by atoms with Crippen molar-refractivity contribution in [1.29, 1.82) is 0 Å². The molecule has 0 N–H and O–H groups in total. The van der Waals surface area contributed by atoms with Crippen molar-refractivity contribution >= 4 is 11.9 Å². The van der Waals surface area contributed by atoms with E-state index in [2.05, 4.69) is 6.92 Å². The van der Waals surface area contributed by atoms with Crippen molar-refractivity contribution < 1.29 is 19.1 Å². The number of hydrogen-bond acceptors (Lipinski definition) is 4. The summed E-state index contributed by atoms with van der Waals surface area (Å²) in [5.41, 5.74) is 0. The zero-order valence-corrected chi connectivity index (χ0v) is 16.3. The lowest BCUT2D eigenvalue weighted by molar-refractivity contribution is -0.144. The fraction of sp³-hybridized carbons (Fsp3) is 0.900. The van der Waals surface area contributed by atoms with Gasteiger partial charge in [0.1, 0.15) is 0 Å². The standard InChI is InChI=1S/C20H37NO4/c1-3-5-15-24-16-9-13-21(14-12-20(23)25-4-2)19(22)17-18-10-7-6-8-11-18/h18H,3-17H2,1-2H3. The highest BCUT2D eigenvalue weighted by molar-refractivity contribution is 5.77. The van der Waals surface area contributed by atoms with Gasteiger partial charge in [-0.1, -0.05) is 32.6 Å². The number of amides is 1. The maximum atomic E-state index is 12.7. The van der Waals surface area contributed by atoms with E-state index in [9.17, 15) is 9.59 Å². The van der Waals surface area contributed by atoms with Crippen LogP contribution in [0.3, 0.4) is 0 Å². The maximum absolute atomic E-state index is 12.7. The average Bonchev–Trinajstić information content (AvgIpc) is 2.61. The summed E-state index contributed by atoms with van der Waals surface area (Å²) in [6.07, 6.45) is 10.0. The highest BCUT2D eigenvalue weighted by Gasteiger charge is 2.21. The molecule has 0 aromatic heterocycles. The molecule has 1 aliphatic carbocycles. The number of ether oxygens (including phenoxy) is 2. The van der Waals surface area contributed by atoms with Crippen LogP contribution < -0.4 is 0 Å². The molecule has 1 aliphatic rings. The molecule has 0 radical (unpaired) electrons. The summed E-state index contributed by atoms with van der Waals surface area (Å²) < 4.78 is 10.6. The molecule has 0 aromatic rings. The van der Waals surface area contributed by atoms with Gasteiger partial charge >= 0.3 is 5.97 Å². The molecular formula is C20H37NO4. The van der Waals surface area contributed by atoms with Crippen LogP contribution in [0, 0.1) is 5.92 Å². The Morgan fingerprint density at radius 2 is 1.72 bits per heavy atom. The predicted molar refractivity (Wildman–Crippen MR) is 99.4 cm³/mol. The predicted octanol–water partition coefficient (Wildman–Crippen LogP) is 3.95. The molecule has 0 aliphatic heterocycles. The van der Waals surface area contributed by atoms with Crippen molar-refractivity contribution in [3.63, 3.8) is 0 Å². The van der Waals surface area contributed by atoms with Crippen LogP contribution in [0.15, 0.2) is 0 Å². The SMILES string of the molecule is CCCCOCCCN(CCC(=O)OCC)C(=O)CC1CCCCC1. The van der Waals surface area contributed by atoms with Crippen molar-refractivity contribution in [2.45, 2.75) is 78.1 Å². The van der Waals surface area contributed by atoms with Crippen molar-refractivity contribution in [3.8, 4) is 0 Å². The molecule has 1 amide bonds. The third kappa shape index (κ3) is 10.5. The molecule has 5 nitrogen and oxygen atoms in total. The van der Waals surface area contributed by atoms with E-state index >= 15 is 0 Å². The minimum Gasteiger partial charge on any atom is -0.466 e. The zero-order chi connectivity index (χ0) is 18.3. The van der Waals surface area contributed by atoms with Crippen LogP contribution >= 0.6 is 0 Å². The molecule has 1 rings (SSSR count). The monoisotopic (exact) mass is 355 g/mol. The zero-order valence-electron chi connectivity index (χ0n) is 16.3. The number of rotatable bonds is 13. The number of carbonyl (C=O) groups excluding carboxylic acids is 2. The molecule has 5 heteroatoms. The first kappa shape index (κ1) is 21.9. The summed E-state index contributed by atoms with van der Waals surface area (Å²) in [4.78, 5) is 26.1. The molecular weight excluding hydrogens is 318 g/mol. The molecule has 0 bridgehead atoms. The number of hydrogen-bond donors (Lipinski definition) is 0. The van der Waals surface area contributed by atoms with Crippen LogP contribution in [0.4, 0.5) is 0 Å². The largest absolute Gasteiger partial charge is 0.466 e. The van der Waals surface area contributed by atoms with Gasteiger partial charge in [-0.15, -0.1) is 0 Å². The summed E-state index contributed by atoms with van der Waals surface area (Å²) in [5, 5.41) is 0. The number of carbonyl (C=O) groups is 2. The van der Waals surface area contributed by atoms with Crippen LogP contribution in [0.5, 0.6) is 0 Å². The van der Waals surface area contributed by atoms with Gasteiger partial charge in [-0.05, 0) is 38.5 Å². The van der Waals surface area contributed by atoms with E-state index in [-0.39, 0.29) is 18.3 Å². The Morgan fingerprint density at radius 3 is 2.40 bits per heavy atom. The van der Waals surface area contributed by atoms with Crippen LogP contribution in [0.2, 0.25) is 0 Å². The highest BCUT2D eigenvalue weighted by Crippen LogP contribution is 2.26. The summed E-state index contributed by atoms with van der Waals surface area (Å²) in [6.45, 7) is 6.92. The third-order valence-electron chi connectivity index (χ3n) is 4.79.